The van der Waals surface area contributed by atoms with E-state index in [1.165, 1.54) is 6.07 Å². The number of carbonyl (C=O) groups is 1. The van der Waals surface area contributed by atoms with Crippen LogP contribution >= 0.6 is 0 Å². The van der Waals surface area contributed by atoms with E-state index in [9.17, 15) is 18.0 Å². The van der Waals surface area contributed by atoms with Gasteiger partial charge in [0.2, 0.25) is 5.91 Å². The van der Waals surface area contributed by atoms with Crippen molar-refractivity contribution in [1.82, 2.24) is 14.5 Å². The van der Waals surface area contributed by atoms with Gasteiger partial charge in [-0.15, -0.1) is 0 Å². The smallest absolute Gasteiger partial charge is 0.338 e. The summed E-state index contributed by atoms with van der Waals surface area (Å²) in [6.07, 6.45) is -1.67. The Hall–Kier alpha value is -2.83. The number of para-hydroxylation sites is 2. The van der Waals surface area contributed by atoms with Crippen molar-refractivity contribution in [3.05, 3.63) is 65.5 Å². The van der Waals surface area contributed by atoms with Crippen molar-refractivity contribution in [2.24, 2.45) is 0 Å². The Kier molecular flexibility index (Phi) is 5.54. The quantitative estimate of drug-likeness (QED) is 0.534. The van der Waals surface area contributed by atoms with Crippen molar-refractivity contribution >= 4 is 16.9 Å². The molecule has 1 aliphatic rings. The number of imidazole rings is 1. The highest BCUT2D eigenvalue weighted by Crippen LogP contribution is 2.44. The molecule has 7 heteroatoms. The monoisotopic (exact) mass is 429 g/mol. The van der Waals surface area contributed by atoms with Crippen molar-refractivity contribution in [2.75, 3.05) is 7.05 Å². The van der Waals surface area contributed by atoms with E-state index >= 15 is 0 Å². The first-order valence-electron chi connectivity index (χ1n) is 10.6. The number of amides is 1. The molecule has 1 aromatic heterocycles. The predicted molar refractivity (Wildman–Crippen MR) is 113 cm³/mol. The van der Waals surface area contributed by atoms with Crippen molar-refractivity contribution in [3.63, 3.8) is 0 Å². The summed E-state index contributed by atoms with van der Waals surface area (Å²) in [5.41, 5.74) is 0.710. The molecule has 1 amide bonds. The topological polar surface area (TPSA) is 38.1 Å². The third-order valence-electron chi connectivity index (χ3n) is 6.38. The normalized spacial score (nSPS) is 16.0. The molecule has 0 atom stereocenters. The number of hydrogen-bond donors (Lipinski definition) is 0. The van der Waals surface area contributed by atoms with Gasteiger partial charge < -0.3 is 9.47 Å². The molecule has 164 valence electrons. The number of halogens is 3. The van der Waals surface area contributed by atoms with E-state index in [1.54, 1.807) is 18.0 Å². The molecular formula is C24H26F3N3O. The zero-order valence-electron chi connectivity index (χ0n) is 17.7. The van der Waals surface area contributed by atoms with Gasteiger partial charge in [0.05, 0.1) is 28.6 Å². The second-order valence-corrected chi connectivity index (χ2v) is 8.29. The van der Waals surface area contributed by atoms with Gasteiger partial charge in [-0.25, -0.2) is 4.98 Å². The second kappa shape index (κ2) is 8.02. The summed E-state index contributed by atoms with van der Waals surface area (Å²) in [7, 11) is 1.72. The zero-order valence-corrected chi connectivity index (χ0v) is 17.7. The molecule has 0 saturated heterocycles. The molecule has 1 saturated carbocycles. The molecule has 0 N–H and O–H groups in total. The molecular weight excluding hydrogens is 403 g/mol. The fourth-order valence-corrected chi connectivity index (χ4v) is 4.85. The average Bonchev–Trinajstić information content (AvgIpc) is 3.38. The Morgan fingerprint density at radius 3 is 2.52 bits per heavy atom. The summed E-state index contributed by atoms with van der Waals surface area (Å²) >= 11 is 0. The van der Waals surface area contributed by atoms with E-state index in [0.717, 1.165) is 48.4 Å². The van der Waals surface area contributed by atoms with Crippen LogP contribution in [0.4, 0.5) is 13.2 Å². The van der Waals surface area contributed by atoms with Crippen LogP contribution in [0, 0.1) is 0 Å². The number of benzene rings is 2. The molecule has 0 spiro atoms. The Balaban J connectivity index is 1.67. The Bertz CT molecular complexity index is 1100. The molecule has 0 radical (unpaired) electrons. The lowest BCUT2D eigenvalue weighted by Gasteiger charge is -2.33. The van der Waals surface area contributed by atoms with E-state index in [0.29, 0.717) is 24.9 Å². The molecule has 1 aliphatic carbocycles. The molecule has 0 unspecified atom stereocenters. The number of fused-ring (bicyclic) bond motifs is 1. The van der Waals surface area contributed by atoms with Crippen LogP contribution in [0.15, 0.2) is 48.5 Å². The van der Waals surface area contributed by atoms with Gasteiger partial charge in [0.15, 0.2) is 0 Å². The van der Waals surface area contributed by atoms with Gasteiger partial charge in [0.25, 0.3) is 0 Å². The average molecular weight is 429 g/mol. The van der Waals surface area contributed by atoms with Gasteiger partial charge in [-0.1, -0.05) is 43.2 Å². The molecule has 0 bridgehead atoms. The standard InChI is InChI=1S/C24H26F3N3O/c1-3-30-20-12-5-4-11-19(20)28-21(30)16-29(2)22(31)23(13-6-7-14-23)17-9-8-10-18(15-17)24(25,26)27/h4-5,8-12,15H,3,6-7,13-14,16H2,1-2H3. The minimum atomic E-state index is -4.43. The van der Waals surface area contributed by atoms with Gasteiger partial charge in [0, 0.05) is 13.6 Å². The van der Waals surface area contributed by atoms with Crippen molar-refractivity contribution in [2.45, 2.75) is 57.3 Å². The van der Waals surface area contributed by atoms with Crippen molar-refractivity contribution < 1.29 is 18.0 Å². The van der Waals surface area contributed by atoms with Gasteiger partial charge in [-0.2, -0.15) is 13.2 Å². The maximum atomic E-state index is 13.7. The number of likely N-dealkylation sites (N-methyl/N-ethyl adjacent to an activating group) is 1. The van der Waals surface area contributed by atoms with Crippen LogP contribution in [0.5, 0.6) is 0 Å². The highest BCUT2D eigenvalue weighted by molar-refractivity contribution is 5.88. The van der Waals surface area contributed by atoms with Crippen LogP contribution in [-0.2, 0) is 29.5 Å². The lowest BCUT2D eigenvalue weighted by molar-refractivity contribution is -0.139. The van der Waals surface area contributed by atoms with Crippen molar-refractivity contribution in [3.8, 4) is 0 Å². The molecule has 3 aromatic rings. The summed E-state index contributed by atoms with van der Waals surface area (Å²) in [6, 6.07) is 13.1. The van der Waals surface area contributed by atoms with Crippen LogP contribution < -0.4 is 0 Å². The molecule has 4 rings (SSSR count). The first-order chi connectivity index (χ1) is 14.8. The number of carbonyl (C=O) groups excluding carboxylic acids is 1. The van der Waals surface area contributed by atoms with Gasteiger partial charge in [0.1, 0.15) is 5.82 Å². The Morgan fingerprint density at radius 1 is 1.13 bits per heavy atom. The van der Waals surface area contributed by atoms with Crippen LogP contribution in [0.3, 0.4) is 0 Å². The lowest BCUT2D eigenvalue weighted by atomic mass is 9.77. The Labute approximate surface area is 179 Å². The van der Waals surface area contributed by atoms with E-state index in [4.69, 9.17) is 4.98 Å². The number of alkyl halides is 3. The summed E-state index contributed by atoms with van der Waals surface area (Å²) in [5, 5.41) is 0. The SMILES string of the molecule is CCn1c(CN(C)C(=O)C2(c3cccc(C(F)(F)F)c3)CCCC2)nc2ccccc21. The van der Waals surface area contributed by atoms with E-state index < -0.39 is 17.2 Å². The molecule has 1 fully saturated rings. The molecule has 2 aromatic carbocycles. The predicted octanol–water partition coefficient (Wildman–Crippen LogP) is 5.55. The summed E-state index contributed by atoms with van der Waals surface area (Å²) < 4.78 is 42.0. The highest BCUT2D eigenvalue weighted by Gasteiger charge is 2.45. The summed E-state index contributed by atoms with van der Waals surface area (Å²) in [5.74, 6) is 0.635. The number of rotatable bonds is 5. The molecule has 4 nitrogen and oxygen atoms in total. The van der Waals surface area contributed by atoms with Crippen LogP contribution in [0.1, 0.15) is 49.6 Å². The van der Waals surface area contributed by atoms with Crippen molar-refractivity contribution in [1.29, 1.82) is 0 Å². The number of aromatic nitrogens is 2. The Morgan fingerprint density at radius 2 is 1.84 bits per heavy atom. The number of nitrogens with zero attached hydrogens (tertiary/aromatic N) is 3. The first kappa shape index (κ1) is 21.4. The fraction of sp³-hybridized carbons (Fsp3) is 0.417. The van der Waals surface area contributed by atoms with Crippen LogP contribution in [-0.4, -0.2) is 27.4 Å². The molecule has 0 aliphatic heterocycles. The zero-order chi connectivity index (χ0) is 22.2. The number of hydrogen-bond acceptors (Lipinski definition) is 2. The largest absolute Gasteiger partial charge is 0.416 e. The maximum absolute atomic E-state index is 13.7. The summed E-state index contributed by atoms with van der Waals surface area (Å²) in [6.45, 7) is 3.05. The van der Waals surface area contributed by atoms with Crippen LogP contribution in [0.2, 0.25) is 0 Å². The van der Waals surface area contributed by atoms with E-state index in [1.807, 2.05) is 31.2 Å². The molecule has 31 heavy (non-hydrogen) atoms. The fourth-order valence-electron chi connectivity index (χ4n) is 4.85. The minimum absolute atomic E-state index is 0.140. The third kappa shape index (κ3) is 3.82. The second-order valence-electron chi connectivity index (χ2n) is 8.29. The van der Waals surface area contributed by atoms with Gasteiger partial charge in [-0.3, -0.25) is 4.79 Å². The minimum Gasteiger partial charge on any atom is -0.338 e. The highest BCUT2D eigenvalue weighted by atomic mass is 19.4. The van der Waals surface area contributed by atoms with E-state index in [2.05, 4.69) is 4.57 Å². The molecule has 1 heterocycles. The third-order valence-corrected chi connectivity index (χ3v) is 6.38. The van der Waals surface area contributed by atoms with Gasteiger partial charge in [-0.05, 0) is 43.5 Å². The summed E-state index contributed by atoms with van der Waals surface area (Å²) in [4.78, 5) is 20.0. The van der Waals surface area contributed by atoms with Crippen LogP contribution in [0.25, 0.3) is 11.0 Å². The van der Waals surface area contributed by atoms with E-state index in [-0.39, 0.29) is 5.91 Å². The lowest BCUT2D eigenvalue weighted by Crippen LogP contribution is -2.43. The number of aryl methyl sites for hydroxylation is 1. The first-order valence-corrected chi connectivity index (χ1v) is 10.6. The maximum Gasteiger partial charge on any atom is 0.416 e. The van der Waals surface area contributed by atoms with Gasteiger partial charge >= 0.3 is 6.18 Å².